The second-order valence-corrected chi connectivity index (χ2v) is 4.47. The maximum atomic E-state index is 12.2. The number of para-hydroxylation sites is 1. The Kier molecular flexibility index (Phi) is 4.50. The number of hydrogen-bond acceptors (Lipinski definition) is 4. The van der Waals surface area contributed by atoms with Crippen molar-refractivity contribution in [1.82, 2.24) is 4.90 Å². The van der Waals surface area contributed by atoms with Crippen LogP contribution in [0.5, 0.6) is 0 Å². The molecule has 5 heteroatoms. The molecule has 1 saturated heterocycles. The summed E-state index contributed by atoms with van der Waals surface area (Å²) in [5, 5.41) is 11.8. The van der Waals surface area contributed by atoms with Crippen molar-refractivity contribution in [1.29, 1.82) is 5.26 Å². The van der Waals surface area contributed by atoms with Crippen molar-refractivity contribution >= 4 is 11.6 Å². The van der Waals surface area contributed by atoms with Gasteiger partial charge in [0.05, 0.1) is 30.5 Å². The van der Waals surface area contributed by atoms with Crippen LogP contribution in [0, 0.1) is 11.3 Å². The molecule has 1 amide bonds. The van der Waals surface area contributed by atoms with Gasteiger partial charge in [0.1, 0.15) is 6.07 Å². The molecular weight excluding hydrogens is 242 g/mol. The number of carbonyl (C=O) groups is 1. The SMILES string of the molecule is C[C@@H](C(=O)Nc1ccccc1C#N)N1CCOCC1. The summed E-state index contributed by atoms with van der Waals surface area (Å²) in [6.07, 6.45) is 0. The molecule has 1 aliphatic heterocycles. The molecule has 0 bridgehead atoms. The van der Waals surface area contributed by atoms with Gasteiger partial charge in [0.2, 0.25) is 5.91 Å². The van der Waals surface area contributed by atoms with Crippen LogP contribution >= 0.6 is 0 Å². The molecule has 5 nitrogen and oxygen atoms in total. The maximum Gasteiger partial charge on any atom is 0.241 e. The Morgan fingerprint density at radius 1 is 1.42 bits per heavy atom. The maximum absolute atomic E-state index is 12.2. The first kappa shape index (κ1) is 13.5. The molecule has 1 atom stereocenters. The Morgan fingerprint density at radius 2 is 2.11 bits per heavy atom. The van der Waals surface area contributed by atoms with Gasteiger partial charge in [0.15, 0.2) is 0 Å². The highest BCUT2D eigenvalue weighted by molar-refractivity contribution is 5.95. The highest BCUT2D eigenvalue weighted by atomic mass is 16.5. The number of nitrogens with one attached hydrogen (secondary N) is 1. The molecule has 0 radical (unpaired) electrons. The van der Waals surface area contributed by atoms with Gasteiger partial charge < -0.3 is 10.1 Å². The number of morpholine rings is 1. The van der Waals surface area contributed by atoms with Crippen molar-refractivity contribution in [2.45, 2.75) is 13.0 Å². The Bertz CT molecular complexity index is 490. The number of carbonyl (C=O) groups excluding carboxylic acids is 1. The van der Waals surface area contributed by atoms with Crippen LogP contribution in [0.2, 0.25) is 0 Å². The molecule has 0 unspecified atom stereocenters. The van der Waals surface area contributed by atoms with E-state index in [2.05, 4.69) is 16.3 Å². The lowest BCUT2D eigenvalue weighted by atomic mass is 10.1. The minimum Gasteiger partial charge on any atom is -0.379 e. The standard InChI is InChI=1S/C14H17N3O2/c1-11(17-6-8-19-9-7-17)14(18)16-13-5-3-2-4-12(13)10-15/h2-5,11H,6-9H2,1H3,(H,16,18)/t11-/m0/s1. The fourth-order valence-electron chi connectivity index (χ4n) is 2.06. The second-order valence-electron chi connectivity index (χ2n) is 4.47. The van der Waals surface area contributed by atoms with Gasteiger partial charge in [-0.2, -0.15) is 5.26 Å². The Hall–Kier alpha value is -1.90. The van der Waals surface area contributed by atoms with Crippen LogP contribution in [0.25, 0.3) is 0 Å². The molecule has 100 valence electrons. The van der Waals surface area contributed by atoms with Crippen molar-refractivity contribution in [3.63, 3.8) is 0 Å². The Labute approximate surface area is 112 Å². The molecule has 19 heavy (non-hydrogen) atoms. The van der Waals surface area contributed by atoms with E-state index in [4.69, 9.17) is 10.00 Å². The average Bonchev–Trinajstić information content (AvgIpc) is 2.48. The average molecular weight is 259 g/mol. The first-order valence-electron chi connectivity index (χ1n) is 6.34. The van der Waals surface area contributed by atoms with E-state index in [0.717, 1.165) is 13.1 Å². The number of ether oxygens (including phenoxy) is 1. The number of hydrogen-bond donors (Lipinski definition) is 1. The van der Waals surface area contributed by atoms with Gasteiger partial charge in [-0.1, -0.05) is 12.1 Å². The van der Waals surface area contributed by atoms with E-state index in [9.17, 15) is 4.79 Å². The highest BCUT2D eigenvalue weighted by Gasteiger charge is 2.23. The summed E-state index contributed by atoms with van der Waals surface area (Å²) in [6, 6.07) is 8.85. The molecule has 0 aromatic heterocycles. The van der Waals surface area contributed by atoms with Crippen LogP contribution in [-0.4, -0.2) is 43.2 Å². The van der Waals surface area contributed by atoms with Gasteiger partial charge >= 0.3 is 0 Å². The highest BCUT2D eigenvalue weighted by Crippen LogP contribution is 2.15. The van der Waals surface area contributed by atoms with E-state index < -0.39 is 0 Å². The van der Waals surface area contributed by atoms with Crippen molar-refractivity contribution in [3.05, 3.63) is 29.8 Å². The zero-order valence-electron chi connectivity index (χ0n) is 10.9. The Balaban J connectivity index is 2.02. The first-order chi connectivity index (χ1) is 9.22. The molecule has 0 saturated carbocycles. The largest absolute Gasteiger partial charge is 0.379 e. The zero-order valence-corrected chi connectivity index (χ0v) is 10.9. The first-order valence-corrected chi connectivity index (χ1v) is 6.34. The van der Waals surface area contributed by atoms with Crippen LogP contribution in [-0.2, 0) is 9.53 Å². The summed E-state index contributed by atoms with van der Waals surface area (Å²) in [4.78, 5) is 14.3. The lowest BCUT2D eigenvalue weighted by molar-refractivity contribution is -0.122. The minimum atomic E-state index is -0.226. The molecule has 1 N–H and O–H groups in total. The van der Waals surface area contributed by atoms with Crippen LogP contribution in [0.1, 0.15) is 12.5 Å². The summed E-state index contributed by atoms with van der Waals surface area (Å²) >= 11 is 0. The Morgan fingerprint density at radius 3 is 2.79 bits per heavy atom. The molecule has 0 spiro atoms. The van der Waals surface area contributed by atoms with Crippen molar-refractivity contribution < 1.29 is 9.53 Å². The summed E-state index contributed by atoms with van der Waals surface area (Å²) in [6.45, 7) is 4.71. The van der Waals surface area contributed by atoms with Crippen LogP contribution in [0.15, 0.2) is 24.3 Å². The van der Waals surface area contributed by atoms with E-state index in [1.54, 1.807) is 24.3 Å². The molecule has 1 aromatic carbocycles. The van der Waals surface area contributed by atoms with E-state index in [-0.39, 0.29) is 11.9 Å². The number of amides is 1. The summed E-state index contributed by atoms with van der Waals surface area (Å²) in [5.74, 6) is -0.0930. The van der Waals surface area contributed by atoms with Crippen molar-refractivity contribution in [3.8, 4) is 6.07 Å². The van der Waals surface area contributed by atoms with Crippen molar-refractivity contribution in [2.24, 2.45) is 0 Å². The molecule has 1 aromatic rings. The zero-order chi connectivity index (χ0) is 13.7. The quantitative estimate of drug-likeness (QED) is 0.886. The van der Waals surface area contributed by atoms with Gasteiger partial charge in [-0.05, 0) is 19.1 Å². The topological polar surface area (TPSA) is 65.4 Å². The monoisotopic (exact) mass is 259 g/mol. The summed E-state index contributed by atoms with van der Waals surface area (Å²) in [7, 11) is 0. The van der Waals surface area contributed by atoms with Crippen molar-refractivity contribution in [2.75, 3.05) is 31.6 Å². The van der Waals surface area contributed by atoms with Crippen LogP contribution in [0.3, 0.4) is 0 Å². The predicted molar refractivity (Wildman–Crippen MR) is 71.6 cm³/mol. The number of rotatable bonds is 3. The van der Waals surface area contributed by atoms with Gasteiger partial charge in [0.25, 0.3) is 0 Å². The normalized spacial score (nSPS) is 17.5. The third kappa shape index (κ3) is 3.31. The third-order valence-corrected chi connectivity index (χ3v) is 3.28. The number of anilines is 1. The van der Waals surface area contributed by atoms with Gasteiger partial charge in [-0.15, -0.1) is 0 Å². The van der Waals surface area contributed by atoms with Gasteiger partial charge in [-0.25, -0.2) is 0 Å². The van der Waals surface area contributed by atoms with Crippen LogP contribution in [0.4, 0.5) is 5.69 Å². The summed E-state index contributed by atoms with van der Waals surface area (Å²) < 4.78 is 5.27. The minimum absolute atomic E-state index is 0.0930. The molecule has 1 fully saturated rings. The fourth-order valence-corrected chi connectivity index (χ4v) is 2.06. The number of nitriles is 1. The van der Waals surface area contributed by atoms with E-state index in [1.165, 1.54) is 0 Å². The van der Waals surface area contributed by atoms with E-state index in [0.29, 0.717) is 24.5 Å². The van der Waals surface area contributed by atoms with E-state index in [1.807, 2.05) is 6.92 Å². The molecule has 1 aliphatic rings. The lowest BCUT2D eigenvalue weighted by Gasteiger charge is -2.31. The molecular formula is C14H17N3O2. The van der Waals surface area contributed by atoms with Crippen LogP contribution < -0.4 is 5.32 Å². The molecule has 0 aliphatic carbocycles. The number of benzene rings is 1. The van der Waals surface area contributed by atoms with Gasteiger partial charge in [0, 0.05) is 13.1 Å². The lowest BCUT2D eigenvalue weighted by Crippen LogP contribution is -2.47. The number of nitrogens with zero attached hydrogens (tertiary/aromatic N) is 2. The van der Waals surface area contributed by atoms with Gasteiger partial charge in [-0.3, -0.25) is 9.69 Å². The smallest absolute Gasteiger partial charge is 0.241 e. The van der Waals surface area contributed by atoms with E-state index >= 15 is 0 Å². The molecule has 1 heterocycles. The molecule has 2 rings (SSSR count). The predicted octanol–water partition coefficient (Wildman–Crippen LogP) is 1.22. The summed E-state index contributed by atoms with van der Waals surface area (Å²) in [5.41, 5.74) is 1.04. The fraction of sp³-hybridized carbons (Fsp3) is 0.429. The third-order valence-electron chi connectivity index (χ3n) is 3.28. The second kappa shape index (κ2) is 6.32.